The van der Waals surface area contributed by atoms with E-state index in [9.17, 15) is 23.6 Å². The maximum atomic E-state index is 14.6. The van der Waals surface area contributed by atoms with Crippen molar-refractivity contribution in [2.75, 3.05) is 66.1 Å². The van der Waals surface area contributed by atoms with Gasteiger partial charge in [0.2, 0.25) is 17.7 Å². The fraction of sp³-hybridized carbons (Fsp3) is 0.551. The van der Waals surface area contributed by atoms with Crippen molar-refractivity contribution in [1.29, 1.82) is 0 Å². The average Bonchev–Trinajstić information content (AvgIpc) is 4.12. The number of thiophene rings is 1. The predicted molar refractivity (Wildman–Crippen MR) is 253 cm³/mol. The van der Waals surface area contributed by atoms with E-state index in [0.717, 1.165) is 74.0 Å². The van der Waals surface area contributed by atoms with Gasteiger partial charge in [0.15, 0.2) is 5.76 Å². The molecule has 7 heterocycles. The summed E-state index contributed by atoms with van der Waals surface area (Å²) < 4.78 is 41.3. The molecule has 4 atom stereocenters. The van der Waals surface area contributed by atoms with Gasteiger partial charge in [0.05, 0.1) is 42.1 Å². The molecular weight excluding hydrogens is 894 g/mol. The van der Waals surface area contributed by atoms with Gasteiger partial charge in [-0.3, -0.25) is 29.1 Å². The predicted octanol–water partition coefficient (Wildman–Crippen LogP) is 5.07. The number of amides is 4. The smallest absolute Gasteiger partial charge is 0.270 e. The topological polar surface area (TPSA) is 177 Å². The first kappa shape index (κ1) is 47.4. The first-order valence-corrected chi connectivity index (χ1v) is 24.9. The molecule has 19 heteroatoms. The number of morpholine rings is 1. The average molecular weight is 956 g/mol. The van der Waals surface area contributed by atoms with Crippen LogP contribution in [-0.2, 0) is 32.2 Å². The van der Waals surface area contributed by atoms with Crippen LogP contribution in [0.5, 0.6) is 11.6 Å². The van der Waals surface area contributed by atoms with Gasteiger partial charge < -0.3 is 48.6 Å². The third kappa shape index (κ3) is 10.6. The summed E-state index contributed by atoms with van der Waals surface area (Å²) in [4.78, 5) is 68.0. The standard InChI is InChI=1S/C49H62FN9O8S/c1-31-26-56(49(63)45(33-7-5-4-6-8-33)53-47(61)32(2)51-3)18-19-57(31)48(62)41-24-34-23-35(50)9-10-40(34)59(41)28-44(60)58-20-21-64-29-36(58)30-65-43-25-38(67-54-43)27-55-16-12-37(13-17-55)66-42-11-15-52-39-14-22-68-46(39)42/h9-11,14-15,22-25,31-33,36-37,45,51H,4-8,12-13,16-21,26-30H2,1-3H3,(H,53,61)/t31-,32-,36+,45?/m0/s1. The van der Waals surface area contributed by atoms with Crippen molar-refractivity contribution in [3.05, 3.63) is 71.3 Å². The number of likely N-dealkylation sites (tertiary alicyclic amines) is 1. The second kappa shape index (κ2) is 21.3. The molecule has 17 nitrogen and oxygen atoms in total. The summed E-state index contributed by atoms with van der Waals surface area (Å²) in [5, 5.41) is 12.7. The lowest BCUT2D eigenvalue weighted by molar-refractivity contribution is -0.142. The van der Waals surface area contributed by atoms with E-state index in [1.54, 1.807) is 69.0 Å². The molecule has 364 valence electrons. The minimum Gasteiger partial charge on any atom is -0.489 e. The molecule has 4 aliphatic rings. The van der Waals surface area contributed by atoms with Crippen LogP contribution in [0.2, 0.25) is 0 Å². The fourth-order valence-corrected chi connectivity index (χ4v) is 11.0. The summed E-state index contributed by atoms with van der Waals surface area (Å²) in [6, 6.07) is 9.72. The number of aromatic nitrogens is 3. The number of hydrogen-bond acceptors (Lipinski definition) is 13. The molecule has 9 rings (SSSR count). The molecular formula is C49H62FN9O8S. The molecule has 3 aliphatic heterocycles. The van der Waals surface area contributed by atoms with Gasteiger partial charge in [-0.15, -0.1) is 11.3 Å². The maximum Gasteiger partial charge on any atom is 0.270 e. The van der Waals surface area contributed by atoms with Crippen molar-refractivity contribution in [2.24, 2.45) is 5.92 Å². The minimum atomic E-state index is -0.642. The molecule has 5 aromatic rings. The Hall–Kier alpha value is -5.63. The number of rotatable bonds is 15. The lowest BCUT2D eigenvalue weighted by Gasteiger charge is -2.42. The Balaban J connectivity index is 0.814. The van der Waals surface area contributed by atoms with Crippen molar-refractivity contribution in [1.82, 2.24) is 44.9 Å². The van der Waals surface area contributed by atoms with Crippen LogP contribution in [0.15, 0.2) is 58.6 Å². The highest BCUT2D eigenvalue weighted by Crippen LogP contribution is 2.32. The Morgan fingerprint density at radius 2 is 1.79 bits per heavy atom. The third-order valence-corrected chi connectivity index (χ3v) is 15.0. The van der Waals surface area contributed by atoms with E-state index in [1.807, 2.05) is 24.4 Å². The highest BCUT2D eigenvalue weighted by Gasteiger charge is 2.39. The van der Waals surface area contributed by atoms with Crippen molar-refractivity contribution in [3.8, 4) is 11.6 Å². The van der Waals surface area contributed by atoms with Crippen LogP contribution in [0, 0.1) is 11.7 Å². The summed E-state index contributed by atoms with van der Waals surface area (Å²) >= 11 is 1.64. The normalized spacial score (nSPS) is 21.0. The highest BCUT2D eigenvalue weighted by atomic mass is 32.1. The lowest BCUT2D eigenvalue weighted by atomic mass is 9.83. The van der Waals surface area contributed by atoms with E-state index >= 15 is 0 Å². The Kier molecular flexibility index (Phi) is 14.9. The van der Waals surface area contributed by atoms with E-state index in [-0.39, 0.29) is 86.8 Å². The summed E-state index contributed by atoms with van der Waals surface area (Å²) in [5.74, 6) is 0.539. The summed E-state index contributed by atoms with van der Waals surface area (Å²) in [6.45, 7) is 7.56. The van der Waals surface area contributed by atoms with Crippen LogP contribution >= 0.6 is 11.3 Å². The molecule has 3 saturated heterocycles. The number of nitrogens with one attached hydrogen (secondary N) is 2. The first-order chi connectivity index (χ1) is 33.0. The molecule has 0 spiro atoms. The van der Waals surface area contributed by atoms with Crippen molar-refractivity contribution in [2.45, 2.75) is 102 Å². The molecule has 4 amide bonds. The van der Waals surface area contributed by atoms with Gasteiger partial charge in [-0.25, -0.2) is 4.39 Å². The second-order valence-corrected chi connectivity index (χ2v) is 19.6. The molecule has 0 radical (unpaired) electrons. The Morgan fingerprint density at radius 3 is 2.59 bits per heavy atom. The number of carbonyl (C=O) groups is 4. The third-order valence-electron chi connectivity index (χ3n) is 14.1. The second-order valence-electron chi connectivity index (χ2n) is 18.6. The Labute approximate surface area is 399 Å². The van der Waals surface area contributed by atoms with Crippen molar-refractivity contribution in [3.63, 3.8) is 0 Å². The zero-order valence-electron chi connectivity index (χ0n) is 39.1. The largest absolute Gasteiger partial charge is 0.489 e. The highest BCUT2D eigenvalue weighted by molar-refractivity contribution is 7.17. The summed E-state index contributed by atoms with van der Waals surface area (Å²) in [7, 11) is 1.71. The number of halogens is 1. The monoisotopic (exact) mass is 955 g/mol. The van der Waals surface area contributed by atoms with Crippen molar-refractivity contribution < 1.29 is 42.3 Å². The van der Waals surface area contributed by atoms with Crippen LogP contribution in [0.3, 0.4) is 0 Å². The van der Waals surface area contributed by atoms with E-state index in [0.29, 0.717) is 42.2 Å². The van der Waals surface area contributed by atoms with Crippen LogP contribution in [0.25, 0.3) is 21.1 Å². The van der Waals surface area contributed by atoms with Crippen molar-refractivity contribution >= 4 is 56.1 Å². The van der Waals surface area contributed by atoms with Crippen LogP contribution in [0.1, 0.15) is 75.0 Å². The number of piperidine rings is 1. The minimum absolute atomic E-state index is 0.0450. The van der Waals surface area contributed by atoms with Gasteiger partial charge in [-0.2, -0.15) is 0 Å². The zero-order chi connectivity index (χ0) is 47.3. The van der Waals surface area contributed by atoms with Crippen LogP contribution in [-0.4, -0.2) is 154 Å². The van der Waals surface area contributed by atoms with Gasteiger partial charge in [0, 0.05) is 68.5 Å². The number of ether oxygens (including phenoxy) is 3. The first-order valence-electron chi connectivity index (χ1n) is 24.1. The number of carbonyl (C=O) groups excluding carboxylic acids is 4. The molecule has 68 heavy (non-hydrogen) atoms. The number of hydrogen-bond donors (Lipinski definition) is 2. The van der Waals surface area contributed by atoms with Gasteiger partial charge >= 0.3 is 0 Å². The number of nitrogens with zero attached hydrogens (tertiary/aromatic N) is 7. The molecule has 1 unspecified atom stereocenters. The van der Waals surface area contributed by atoms with Gasteiger partial charge in [0.1, 0.15) is 42.6 Å². The van der Waals surface area contributed by atoms with Crippen LogP contribution in [0.4, 0.5) is 4.39 Å². The SMILES string of the molecule is CN[C@@H](C)C(=O)NC(C(=O)N1CCN(C(=O)c2cc3cc(F)ccc3n2CC(=O)N2CCOC[C@@H]2COc2cc(CN3CCC(Oc4ccnc5ccsc45)CC3)on2)[C@@H](C)C1)C1CCCCC1. The number of benzene rings is 1. The quantitative estimate of drug-likeness (QED) is 0.143. The molecule has 1 aliphatic carbocycles. The number of pyridine rings is 1. The molecule has 4 fully saturated rings. The number of likely N-dealkylation sites (N-methyl/N-ethyl adjacent to an activating group) is 1. The zero-order valence-corrected chi connectivity index (χ0v) is 39.9. The van der Waals surface area contributed by atoms with E-state index in [1.165, 1.54) is 12.1 Å². The number of fused-ring (bicyclic) bond motifs is 2. The summed E-state index contributed by atoms with van der Waals surface area (Å²) in [6.07, 6.45) is 8.54. The lowest BCUT2D eigenvalue weighted by Crippen LogP contribution is -2.61. The molecule has 4 aromatic heterocycles. The van der Waals surface area contributed by atoms with Crippen LogP contribution < -0.4 is 20.1 Å². The van der Waals surface area contributed by atoms with E-state index < -0.39 is 23.9 Å². The van der Waals surface area contributed by atoms with E-state index in [4.69, 9.17) is 18.7 Å². The van der Waals surface area contributed by atoms with Gasteiger partial charge in [0.25, 0.3) is 11.8 Å². The maximum absolute atomic E-state index is 14.6. The molecule has 1 saturated carbocycles. The molecule has 1 aromatic carbocycles. The molecule has 0 bridgehead atoms. The Morgan fingerprint density at radius 1 is 0.971 bits per heavy atom. The number of piperazine rings is 1. The fourth-order valence-electron chi connectivity index (χ4n) is 10.1. The van der Waals surface area contributed by atoms with E-state index in [2.05, 4.69) is 25.7 Å². The summed E-state index contributed by atoms with van der Waals surface area (Å²) in [5.41, 5.74) is 1.75. The van der Waals surface area contributed by atoms with Gasteiger partial charge in [-0.1, -0.05) is 19.3 Å². The molecule has 2 N–H and O–H groups in total. The van der Waals surface area contributed by atoms with Gasteiger partial charge in [-0.05, 0) is 99.4 Å². The Bertz CT molecular complexity index is 2570.